The monoisotopic (exact) mass is 631 g/mol. The summed E-state index contributed by atoms with van der Waals surface area (Å²) in [7, 11) is 0. The molecule has 2 aromatic rings. The Hall–Kier alpha value is -1.67. The zero-order chi connectivity index (χ0) is 21.8. The Labute approximate surface area is 202 Å². The van der Waals surface area contributed by atoms with Gasteiger partial charge in [-0.3, -0.25) is 4.90 Å². The number of rotatable bonds is 5. The minimum atomic E-state index is -0.277. The number of benzene rings is 2. The Morgan fingerprint density at radius 3 is 2.40 bits per heavy atom. The van der Waals surface area contributed by atoms with Crippen LogP contribution in [0.5, 0.6) is 5.75 Å². The number of nitriles is 1. The van der Waals surface area contributed by atoms with Crippen LogP contribution in [-0.4, -0.2) is 41.1 Å². The molecule has 0 aromatic heterocycles. The molecule has 1 fully saturated rings. The molecule has 156 valence electrons. The summed E-state index contributed by atoms with van der Waals surface area (Å²) >= 11 is 4.33. The molecule has 5 nitrogen and oxygen atoms in total. The standard InChI is InChI=1S/C22H20FI2N3O2/c1-14-10-27(13-30-22-19(24)7-17(9-26)8-20(22)25)15(2)21(12-29)28(14)11-16-3-5-18(23)6-4-16/h3-8,14-15H,10-11,13H2,1-2H3/t14-,15+/m0/s1. The highest BCUT2D eigenvalue weighted by atomic mass is 127. The molecule has 2 atom stereocenters. The van der Waals surface area contributed by atoms with Crippen molar-refractivity contribution in [1.82, 2.24) is 9.80 Å². The molecule has 0 saturated carbocycles. The molecule has 1 aliphatic rings. The van der Waals surface area contributed by atoms with Gasteiger partial charge in [-0.15, -0.1) is 0 Å². The van der Waals surface area contributed by atoms with Crippen LogP contribution in [0.2, 0.25) is 0 Å². The summed E-state index contributed by atoms with van der Waals surface area (Å²) in [4.78, 5) is 15.9. The Morgan fingerprint density at radius 1 is 1.20 bits per heavy atom. The molecule has 1 aliphatic heterocycles. The van der Waals surface area contributed by atoms with Crippen LogP contribution in [-0.2, 0) is 11.3 Å². The molecule has 3 rings (SSSR count). The van der Waals surface area contributed by atoms with Crippen LogP contribution in [0.25, 0.3) is 0 Å². The maximum Gasteiger partial charge on any atom is 0.148 e. The molecule has 30 heavy (non-hydrogen) atoms. The summed E-state index contributed by atoms with van der Waals surface area (Å²) < 4.78 is 21.0. The van der Waals surface area contributed by atoms with E-state index in [9.17, 15) is 9.18 Å². The number of carbonyl (C=O) groups excluding carboxylic acids is 1. The topological polar surface area (TPSA) is 56.6 Å². The maximum atomic E-state index is 13.2. The lowest BCUT2D eigenvalue weighted by molar-refractivity contribution is 0.0279. The molecule has 1 heterocycles. The Bertz CT molecular complexity index is 993. The molecule has 8 heteroatoms. The van der Waals surface area contributed by atoms with Crippen LogP contribution in [0.1, 0.15) is 25.0 Å². The van der Waals surface area contributed by atoms with Crippen molar-refractivity contribution in [2.45, 2.75) is 32.5 Å². The van der Waals surface area contributed by atoms with Crippen molar-refractivity contribution < 1.29 is 13.9 Å². The Kier molecular flexibility index (Phi) is 7.74. The van der Waals surface area contributed by atoms with E-state index in [2.05, 4.69) is 69.0 Å². The fourth-order valence-electron chi connectivity index (χ4n) is 3.49. The third-order valence-electron chi connectivity index (χ3n) is 5.16. The lowest BCUT2D eigenvalue weighted by atomic mass is 10.0. The van der Waals surface area contributed by atoms with Gasteiger partial charge in [0.05, 0.1) is 24.8 Å². The van der Waals surface area contributed by atoms with Gasteiger partial charge in [-0.25, -0.2) is 9.18 Å². The largest absolute Gasteiger partial charge is 0.476 e. The second-order valence-corrected chi connectivity index (χ2v) is 9.52. The highest BCUT2D eigenvalue weighted by Gasteiger charge is 2.34. The van der Waals surface area contributed by atoms with Crippen LogP contribution in [0, 0.1) is 24.3 Å². The van der Waals surface area contributed by atoms with Gasteiger partial charge in [0.15, 0.2) is 0 Å². The fourth-order valence-corrected chi connectivity index (χ4v) is 5.57. The lowest BCUT2D eigenvalue weighted by Crippen LogP contribution is -2.55. The number of hydrogen-bond acceptors (Lipinski definition) is 5. The average molecular weight is 631 g/mol. The second kappa shape index (κ2) is 10.1. The number of hydrogen-bond donors (Lipinski definition) is 0. The van der Waals surface area contributed by atoms with E-state index in [-0.39, 0.29) is 17.9 Å². The molecule has 0 radical (unpaired) electrons. The number of piperazine rings is 1. The fraction of sp³-hybridized carbons (Fsp3) is 0.318. The molecule has 2 aromatic carbocycles. The van der Waals surface area contributed by atoms with Gasteiger partial charge < -0.3 is 9.64 Å². The number of halogens is 3. The molecular weight excluding hydrogens is 611 g/mol. The van der Waals surface area contributed by atoms with E-state index >= 15 is 0 Å². The van der Waals surface area contributed by atoms with Crippen LogP contribution >= 0.6 is 45.2 Å². The van der Waals surface area contributed by atoms with Crippen molar-refractivity contribution in [1.29, 1.82) is 5.26 Å². The van der Waals surface area contributed by atoms with Gasteiger partial charge in [0, 0.05) is 19.1 Å². The summed E-state index contributed by atoms with van der Waals surface area (Å²) in [6.45, 7) is 5.56. The van der Waals surface area contributed by atoms with Crippen LogP contribution < -0.4 is 4.74 Å². The molecule has 1 saturated heterocycles. The highest BCUT2D eigenvalue weighted by molar-refractivity contribution is 14.1. The van der Waals surface area contributed by atoms with E-state index in [0.29, 0.717) is 31.1 Å². The van der Waals surface area contributed by atoms with E-state index in [4.69, 9.17) is 10.00 Å². The van der Waals surface area contributed by atoms with E-state index in [0.717, 1.165) is 18.5 Å². The molecule has 0 unspecified atom stereocenters. The first kappa shape index (κ1) is 23.0. The third kappa shape index (κ3) is 5.14. The summed E-state index contributed by atoms with van der Waals surface area (Å²) in [5, 5.41) is 9.11. The Morgan fingerprint density at radius 2 is 1.83 bits per heavy atom. The second-order valence-electron chi connectivity index (χ2n) is 7.19. The van der Waals surface area contributed by atoms with Crippen LogP contribution in [0.4, 0.5) is 4.39 Å². The van der Waals surface area contributed by atoms with Crippen molar-refractivity contribution >= 4 is 51.1 Å². The summed E-state index contributed by atoms with van der Waals surface area (Å²) in [6.07, 6.45) is 0. The molecular formula is C22H20FI2N3O2. The molecule has 0 amide bonds. The minimum absolute atomic E-state index is 0.0606. The lowest BCUT2D eigenvalue weighted by Gasteiger charge is -2.45. The minimum Gasteiger partial charge on any atom is -0.476 e. The number of nitrogens with zero attached hydrogens (tertiary/aromatic N) is 3. The molecule has 0 aliphatic carbocycles. The Balaban J connectivity index is 1.73. The first-order valence-electron chi connectivity index (χ1n) is 9.36. The molecule has 0 N–H and O–H groups in total. The van der Waals surface area contributed by atoms with Gasteiger partial charge in [0.2, 0.25) is 0 Å². The zero-order valence-electron chi connectivity index (χ0n) is 16.5. The predicted octanol–water partition coefficient (Wildman–Crippen LogP) is 4.55. The van der Waals surface area contributed by atoms with Crippen molar-refractivity contribution in [2.75, 3.05) is 13.3 Å². The van der Waals surface area contributed by atoms with Crippen molar-refractivity contribution in [3.63, 3.8) is 0 Å². The van der Waals surface area contributed by atoms with Gasteiger partial charge in [0.1, 0.15) is 29.9 Å². The van der Waals surface area contributed by atoms with Gasteiger partial charge in [0.25, 0.3) is 0 Å². The summed E-state index contributed by atoms with van der Waals surface area (Å²) in [5.74, 6) is 2.57. The summed E-state index contributed by atoms with van der Waals surface area (Å²) in [5.41, 5.74) is 2.10. The number of ether oxygens (including phenoxy) is 1. The van der Waals surface area contributed by atoms with Gasteiger partial charge in [-0.2, -0.15) is 5.26 Å². The van der Waals surface area contributed by atoms with Gasteiger partial charge >= 0.3 is 0 Å². The average Bonchev–Trinajstić information content (AvgIpc) is 2.72. The quantitative estimate of drug-likeness (QED) is 0.358. The molecule has 0 spiro atoms. The third-order valence-corrected chi connectivity index (χ3v) is 6.76. The first-order chi connectivity index (χ1) is 14.3. The summed E-state index contributed by atoms with van der Waals surface area (Å²) in [6, 6.07) is 12.0. The molecule has 0 bridgehead atoms. The smallest absolute Gasteiger partial charge is 0.148 e. The van der Waals surface area contributed by atoms with E-state index in [1.807, 2.05) is 11.8 Å². The van der Waals surface area contributed by atoms with Crippen molar-refractivity contribution in [3.05, 3.63) is 66.2 Å². The SMILES string of the molecule is C[C@@H]1C(=C=O)N(Cc2ccc(F)cc2)[C@@H](C)CN1COc1c(I)cc(C#N)cc1I. The van der Waals surface area contributed by atoms with Gasteiger partial charge in [-0.1, -0.05) is 12.1 Å². The van der Waals surface area contributed by atoms with Crippen molar-refractivity contribution in [2.24, 2.45) is 0 Å². The predicted molar refractivity (Wildman–Crippen MR) is 129 cm³/mol. The van der Waals surface area contributed by atoms with Crippen LogP contribution in [0.15, 0.2) is 42.1 Å². The van der Waals surface area contributed by atoms with E-state index in [1.165, 1.54) is 12.1 Å². The van der Waals surface area contributed by atoms with E-state index in [1.54, 1.807) is 24.3 Å². The zero-order valence-corrected chi connectivity index (χ0v) is 20.8. The van der Waals surface area contributed by atoms with Gasteiger partial charge in [-0.05, 0) is 88.9 Å². The normalized spacial score (nSPS) is 19.3. The maximum absolute atomic E-state index is 13.2. The van der Waals surface area contributed by atoms with E-state index < -0.39 is 0 Å². The highest BCUT2D eigenvalue weighted by Crippen LogP contribution is 2.30. The van der Waals surface area contributed by atoms with Crippen molar-refractivity contribution in [3.8, 4) is 11.8 Å². The van der Waals surface area contributed by atoms with Crippen LogP contribution in [0.3, 0.4) is 0 Å². The first-order valence-corrected chi connectivity index (χ1v) is 11.5.